The van der Waals surface area contributed by atoms with Gasteiger partial charge in [0.1, 0.15) is 0 Å². The summed E-state index contributed by atoms with van der Waals surface area (Å²) in [5.74, 6) is -0.156. The summed E-state index contributed by atoms with van der Waals surface area (Å²) in [6.45, 7) is 2.05. The van der Waals surface area contributed by atoms with E-state index < -0.39 is 0 Å². The van der Waals surface area contributed by atoms with Crippen LogP contribution in [0.5, 0.6) is 0 Å². The van der Waals surface area contributed by atoms with Gasteiger partial charge in [-0.05, 0) is 6.42 Å². The average molecular weight is 170 g/mol. The summed E-state index contributed by atoms with van der Waals surface area (Å²) in [6.07, 6.45) is 2.33. The topological polar surface area (TPSA) is 49.4 Å². The largest absolute Gasteiger partial charge is 0.324 e. The second kappa shape index (κ2) is 3.56. The van der Waals surface area contributed by atoms with Crippen molar-refractivity contribution in [2.24, 2.45) is 0 Å². The Kier molecular flexibility index (Phi) is 2.68. The van der Waals surface area contributed by atoms with Crippen LogP contribution in [0.1, 0.15) is 26.2 Å². The maximum Gasteiger partial charge on any atom is 0.324 e. The molecule has 0 spiro atoms. The molecule has 1 heterocycles. The Labute approximate surface area is 71.9 Å². The van der Waals surface area contributed by atoms with E-state index in [1.165, 1.54) is 0 Å². The van der Waals surface area contributed by atoms with Crippen molar-refractivity contribution in [3.63, 3.8) is 0 Å². The molecule has 1 atom stereocenters. The lowest BCUT2D eigenvalue weighted by atomic mass is 10.1. The van der Waals surface area contributed by atoms with Crippen LogP contribution in [0.4, 0.5) is 4.79 Å². The first kappa shape index (κ1) is 9.03. The maximum atomic E-state index is 11.1. The molecule has 0 bridgehead atoms. The number of hydrogen-bond donors (Lipinski definition) is 1. The van der Waals surface area contributed by atoms with Crippen LogP contribution < -0.4 is 5.32 Å². The summed E-state index contributed by atoms with van der Waals surface area (Å²) in [5.41, 5.74) is 0. The van der Waals surface area contributed by atoms with Gasteiger partial charge in [-0.2, -0.15) is 0 Å². The molecule has 1 rings (SSSR count). The fourth-order valence-electron chi connectivity index (χ4n) is 1.40. The van der Waals surface area contributed by atoms with Gasteiger partial charge >= 0.3 is 6.03 Å². The molecular weight excluding hydrogens is 156 g/mol. The van der Waals surface area contributed by atoms with E-state index in [4.69, 9.17) is 0 Å². The molecule has 3 amide bonds. The van der Waals surface area contributed by atoms with Crippen LogP contribution in [0.2, 0.25) is 0 Å². The molecular formula is C8H14N2O2. The van der Waals surface area contributed by atoms with Crippen molar-refractivity contribution in [3.8, 4) is 0 Å². The molecule has 1 N–H and O–H groups in total. The van der Waals surface area contributed by atoms with Gasteiger partial charge in [0.15, 0.2) is 0 Å². The molecule has 0 radical (unpaired) electrons. The summed E-state index contributed by atoms with van der Waals surface area (Å²) >= 11 is 0. The van der Waals surface area contributed by atoms with Gasteiger partial charge in [0.2, 0.25) is 5.91 Å². The Bertz CT molecular complexity index is 203. The lowest BCUT2D eigenvalue weighted by Gasteiger charge is -2.31. The number of hydrogen-bond acceptors (Lipinski definition) is 2. The fourth-order valence-corrected chi connectivity index (χ4v) is 1.40. The molecule has 4 nitrogen and oxygen atoms in total. The number of carbonyl (C=O) groups excluding carboxylic acids is 2. The van der Waals surface area contributed by atoms with Crippen LogP contribution in [0.15, 0.2) is 0 Å². The van der Waals surface area contributed by atoms with E-state index in [0.29, 0.717) is 6.42 Å². The van der Waals surface area contributed by atoms with Gasteiger partial charge in [0.05, 0.1) is 0 Å². The predicted octanol–water partition coefficient (Wildman–Crippen LogP) is 0.727. The number of nitrogens with zero attached hydrogens (tertiary/aromatic N) is 1. The summed E-state index contributed by atoms with van der Waals surface area (Å²) in [4.78, 5) is 23.6. The molecule has 0 aromatic rings. The van der Waals surface area contributed by atoms with Crippen LogP contribution in [0, 0.1) is 0 Å². The van der Waals surface area contributed by atoms with Crippen LogP contribution in [-0.4, -0.2) is 29.9 Å². The fraction of sp³-hybridized carbons (Fsp3) is 0.750. The quantitative estimate of drug-likeness (QED) is 0.664. The molecule has 0 saturated carbocycles. The molecule has 1 unspecified atom stereocenters. The standard InChI is InChI=1S/C8H14N2O2/c1-3-4-6-5-7(11)9-8(12)10(6)2/h6H,3-5H2,1-2H3,(H,9,11,12). The van der Waals surface area contributed by atoms with E-state index in [9.17, 15) is 9.59 Å². The molecule has 0 aromatic carbocycles. The van der Waals surface area contributed by atoms with Gasteiger partial charge in [0, 0.05) is 19.5 Å². The highest BCUT2D eigenvalue weighted by molar-refractivity contribution is 5.97. The van der Waals surface area contributed by atoms with Crippen molar-refractivity contribution in [1.82, 2.24) is 10.2 Å². The zero-order valence-electron chi connectivity index (χ0n) is 7.46. The smallest absolute Gasteiger partial charge is 0.324 e. The minimum absolute atomic E-state index is 0.0937. The number of amides is 3. The molecule has 4 heteroatoms. The molecule has 1 fully saturated rings. The Morgan fingerprint density at radius 2 is 2.25 bits per heavy atom. The number of imide groups is 1. The van der Waals surface area contributed by atoms with E-state index in [-0.39, 0.29) is 18.0 Å². The van der Waals surface area contributed by atoms with Crippen molar-refractivity contribution in [1.29, 1.82) is 0 Å². The SMILES string of the molecule is CCCC1CC(=O)NC(=O)N1C. The van der Waals surface area contributed by atoms with Crippen molar-refractivity contribution in [3.05, 3.63) is 0 Å². The zero-order valence-corrected chi connectivity index (χ0v) is 7.46. The zero-order chi connectivity index (χ0) is 9.14. The minimum Gasteiger partial charge on any atom is -0.324 e. The van der Waals surface area contributed by atoms with Crippen LogP contribution >= 0.6 is 0 Å². The van der Waals surface area contributed by atoms with Crippen LogP contribution in [-0.2, 0) is 4.79 Å². The average Bonchev–Trinajstić information content (AvgIpc) is 2.00. The van der Waals surface area contributed by atoms with Crippen LogP contribution in [0.3, 0.4) is 0 Å². The molecule has 1 saturated heterocycles. The van der Waals surface area contributed by atoms with E-state index in [2.05, 4.69) is 5.32 Å². The number of urea groups is 1. The number of rotatable bonds is 2. The summed E-state index contributed by atoms with van der Waals surface area (Å²) in [5, 5.41) is 2.27. The van der Waals surface area contributed by atoms with Gasteiger partial charge in [-0.3, -0.25) is 10.1 Å². The number of nitrogens with one attached hydrogen (secondary N) is 1. The van der Waals surface area contributed by atoms with Crippen molar-refractivity contribution < 1.29 is 9.59 Å². The highest BCUT2D eigenvalue weighted by atomic mass is 16.2. The predicted molar refractivity (Wildman–Crippen MR) is 44.6 cm³/mol. The monoisotopic (exact) mass is 170 g/mol. The summed E-state index contributed by atoms with van der Waals surface area (Å²) < 4.78 is 0. The Balaban J connectivity index is 2.59. The second-order valence-electron chi connectivity index (χ2n) is 3.11. The molecule has 12 heavy (non-hydrogen) atoms. The van der Waals surface area contributed by atoms with E-state index in [0.717, 1.165) is 12.8 Å². The highest BCUT2D eigenvalue weighted by Gasteiger charge is 2.28. The minimum atomic E-state index is -0.273. The Morgan fingerprint density at radius 1 is 1.58 bits per heavy atom. The lowest BCUT2D eigenvalue weighted by Crippen LogP contribution is -2.52. The summed E-state index contributed by atoms with van der Waals surface area (Å²) in [6, 6.07) is -0.180. The molecule has 0 aromatic heterocycles. The van der Waals surface area contributed by atoms with E-state index >= 15 is 0 Å². The third-order valence-electron chi connectivity index (χ3n) is 2.16. The third kappa shape index (κ3) is 1.75. The van der Waals surface area contributed by atoms with Crippen molar-refractivity contribution >= 4 is 11.9 Å². The molecule has 1 aliphatic heterocycles. The lowest BCUT2D eigenvalue weighted by molar-refractivity contribution is -0.122. The van der Waals surface area contributed by atoms with Crippen molar-refractivity contribution in [2.45, 2.75) is 32.2 Å². The van der Waals surface area contributed by atoms with Gasteiger partial charge in [-0.1, -0.05) is 13.3 Å². The van der Waals surface area contributed by atoms with Crippen molar-refractivity contribution in [2.75, 3.05) is 7.05 Å². The summed E-state index contributed by atoms with van der Waals surface area (Å²) in [7, 11) is 1.72. The highest BCUT2D eigenvalue weighted by Crippen LogP contribution is 2.13. The van der Waals surface area contributed by atoms with Gasteiger partial charge in [-0.15, -0.1) is 0 Å². The van der Waals surface area contributed by atoms with E-state index in [1.54, 1.807) is 11.9 Å². The van der Waals surface area contributed by atoms with Crippen LogP contribution in [0.25, 0.3) is 0 Å². The van der Waals surface area contributed by atoms with Gasteiger partial charge < -0.3 is 4.90 Å². The van der Waals surface area contributed by atoms with E-state index in [1.807, 2.05) is 6.92 Å². The Hall–Kier alpha value is -1.06. The maximum absolute atomic E-state index is 11.1. The van der Waals surface area contributed by atoms with Gasteiger partial charge in [0.25, 0.3) is 0 Å². The third-order valence-corrected chi connectivity index (χ3v) is 2.16. The molecule has 68 valence electrons. The first-order valence-corrected chi connectivity index (χ1v) is 4.21. The molecule has 0 aliphatic carbocycles. The van der Waals surface area contributed by atoms with Gasteiger partial charge in [-0.25, -0.2) is 4.79 Å². The number of carbonyl (C=O) groups is 2. The second-order valence-corrected chi connectivity index (χ2v) is 3.11. The molecule has 1 aliphatic rings. The normalized spacial score (nSPS) is 24.2. The Morgan fingerprint density at radius 3 is 2.83 bits per heavy atom. The first-order valence-electron chi connectivity index (χ1n) is 4.21. The first-order chi connectivity index (χ1) is 5.65.